The van der Waals surface area contributed by atoms with Crippen molar-refractivity contribution < 1.29 is 29.4 Å². The largest absolute Gasteiger partial charge is 0.478 e. The highest BCUT2D eigenvalue weighted by molar-refractivity contribution is 6.05. The standard InChI is InChI=1S/C14H21NO6/c1-8(2)4-12(14(18)19)21-15-11-7-10(16)5-9(11)6-13(17)20-3/h5,8,10,12,16H,4,6-7H2,1-3H3,(H,18,19)/b15-11-/t10-,12-/m1/s1. The van der Waals surface area contributed by atoms with Crippen LogP contribution in [0.25, 0.3) is 0 Å². The second kappa shape index (κ2) is 7.78. The van der Waals surface area contributed by atoms with Crippen LogP contribution in [0.2, 0.25) is 0 Å². The monoisotopic (exact) mass is 299 g/mol. The van der Waals surface area contributed by atoms with Gasteiger partial charge in [-0.25, -0.2) is 4.79 Å². The van der Waals surface area contributed by atoms with Crippen molar-refractivity contribution in [3.8, 4) is 0 Å². The van der Waals surface area contributed by atoms with E-state index in [1.54, 1.807) is 0 Å². The zero-order valence-electron chi connectivity index (χ0n) is 12.4. The number of hydrogen-bond donors (Lipinski definition) is 2. The van der Waals surface area contributed by atoms with Crippen molar-refractivity contribution in [2.45, 2.75) is 45.3 Å². The van der Waals surface area contributed by atoms with Crippen LogP contribution in [0.1, 0.15) is 33.1 Å². The highest BCUT2D eigenvalue weighted by Gasteiger charge is 2.25. The van der Waals surface area contributed by atoms with E-state index >= 15 is 0 Å². The normalized spacial score (nSPS) is 21.3. The van der Waals surface area contributed by atoms with Crippen LogP contribution >= 0.6 is 0 Å². The van der Waals surface area contributed by atoms with Crippen molar-refractivity contribution >= 4 is 17.7 Å². The number of rotatable bonds is 7. The van der Waals surface area contributed by atoms with E-state index in [-0.39, 0.29) is 18.8 Å². The molecular weight excluding hydrogens is 278 g/mol. The predicted octanol–water partition coefficient (Wildman–Crippen LogP) is 1.11. The summed E-state index contributed by atoms with van der Waals surface area (Å²) in [5, 5.41) is 22.5. The fraction of sp³-hybridized carbons (Fsp3) is 0.643. The molecule has 1 rings (SSSR count). The molecule has 118 valence electrons. The summed E-state index contributed by atoms with van der Waals surface area (Å²) in [5.41, 5.74) is 0.881. The van der Waals surface area contributed by atoms with Crippen molar-refractivity contribution in [1.82, 2.24) is 0 Å². The lowest BCUT2D eigenvalue weighted by molar-refractivity contribution is -0.151. The van der Waals surface area contributed by atoms with E-state index in [1.807, 2.05) is 13.8 Å². The highest BCUT2D eigenvalue weighted by Crippen LogP contribution is 2.21. The number of ether oxygens (including phenoxy) is 1. The second-order valence-electron chi connectivity index (χ2n) is 5.32. The number of aliphatic carboxylic acids is 1. The number of oxime groups is 1. The summed E-state index contributed by atoms with van der Waals surface area (Å²) in [6, 6.07) is 0. The number of aliphatic hydroxyl groups is 1. The minimum Gasteiger partial charge on any atom is -0.478 e. The zero-order valence-corrected chi connectivity index (χ0v) is 12.4. The molecule has 2 atom stereocenters. The number of carbonyl (C=O) groups is 2. The van der Waals surface area contributed by atoms with Crippen LogP contribution in [-0.4, -0.2) is 47.2 Å². The van der Waals surface area contributed by atoms with E-state index in [1.165, 1.54) is 13.2 Å². The molecule has 0 aromatic heterocycles. The van der Waals surface area contributed by atoms with Gasteiger partial charge >= 0.3 is 11.9 Å². The van der Waals surface area contributed by atoms with E-state index in [2.05, 4.69) is 9.89 Å². The first-order valence-corrected chi connectivity index (χ1v) is 6.75. The van der Waals surface area contributed by atoms with E-state index in [0.717, 1.165) is 0 Å². The fourth-order valence-electron chi connectivity index (χ4n) is 1.95. The minimum absolute atomic E-state index is 0.0301. The lowest BCUT2D eigenvalue weighted by atomic mass is 10.1. The van der Waals surface area contributed by atoms with Crippen LogP contribution < -0.4 is 0 Å². The highest BCUT2D eigenvalue weighted by atomic mass is 16.6. The SMILES string of the molecule is COC(=O)CC1=C[C@@H](O)C/C1=N/O[C@H](CC(C)C)C(=O)O. The van der Waals surface area contributed by atoms with Crippen LogP contribution in [0.15, 0.2) is 16.8 Å². The lowest BCUT2D eigenvalue weighted by Crippen LogP contribution is -2.24. The second-order valence-corrected chi connectivity index (χ2v) is 5.32. The molecule has 0 heterocycles. The van der Waals surface area contributed by atoms with Crippen LogP contribution in [0, 0.1) is 5.92 Å². The summed E-state index contributed by atoms with van der Waals surface area (Å²) in [7, 11) is 1.27. The summed E-state index contributed by atoms with van der Waals surface area (Å²) < 4.78 is 4.56. The Hall–Kier alpha value is -1.89. The van der Waals surface area contributed by atoms with Crippen molar-refractivity contribution in [3.05, 3.63) is 11.6 Å². The van der Waals surface area contributed by atoms with Gasteiger partial charge in [-0.15, -0.1) is 0 Å². The maximum atomic E-state index is 11.3. The molecule has 0 aromatic carbocycles. The van der Waals surface area contributed by atoms with Gasteiger partial charge < -0.3 is 19.8 Å². The molecule has 2 N–H and O–H groups in total. The Labute approximate surface area is 123 Å². The van der Waals surface area contributed by atoms with E-state index in [4.69, 9.17) is 9.94 Å². The molecule has 7 heteroatoms. The summed E-state index contributed by atoms with van der Waals surface area (Å²) in [4.78, 5) is 27.4. The molecule has 0 saturated heterocycles. The molecular formula is C14H21NO6. The average molecular weight is 299 g/mol. The third kappa shape index (κ3) is 5.55. The Morgan fingerprint density at radius 1 is 1.48 bits per heavy atom. The van der Waals surface area contributed by atoms with Crippen molar-refractivity contribution in [2.75, 3.05) is 7.11 Å². The predicted molar refractivity (Wildman–Crippen MR) is 74.7 cm³/mol. The van der Waals surface area contributed by atoms with Gasteiger partial charge in [0, 0.05) is 12.8 Å². The number of nitrogens with zero attached hydrogens (tertiary/aromatic N) is 1. The molecule has 7 nitrogen and oxygen atoms in total. The first kappa shape index (κ1) is 17.2. The Morgan fingerprint density at radius 2 is 2.14 bits per heavy atom. The number of methoxy groups -OCH3 is 1. The van der Waals surface area contributed by atoms with Crippen LogP contribution in [-0.2, 0) is 19.2 Å². The molecule has 0 aliphatic heterocycles. The maximum Gasteiger partial charge on any atom is 0.347 e. The Bertz CT molecular complexity index is 454. The summed E-state index contributed by atoms with van der Waals surface area (Å²) in [6.07, 6.45) is 0.190. The van der Waals surface area contributed by atoms with Crippen molar-refractivity contribution in [3.63, 3.8) is 0 Å². The van der Waals surface area contributed by atoms with Gasteiger partial charge in [0.15, 0.2) is 0 Å². The molecule has 1 aliphatic rings. The molecule has 0 bridgehead atoms. The van der Waals surface area contributed by atoms with Gasteiger partial charge in [-0.05, 0) is 11.5 Å². The molecule has 0 fully saturated rings. The van der Waals surface area contributed by atoms with Gasteiger partial charge in [0.1, 0.15) is 0 Å². The molecule has 0 spiro atoms. The lowest BCUT2D eigenvalue weighted by Gasteiger charge is -2.13. The zero-order chi connectivity index (χ0) is 16.0. The number of hydrogen-bond acceptors (Lipinski definition) is 6. The van der Waals surface area contributed by atoms with Gasteiger partial charge in [-0.1, -0.05) is 25.1 Å². The number of carboxylic acid groups (broad SMARTS) is 1. The van der Waals surface area contributed by atoms with Crippen LogP contribution in [0.4, 0.5) is 0 Å². The number of esters is 1. The van der Waals surface area contributed by atoms with Gasteiger partial charge in [0.25, 0.3) is 0 Å². The first-order valence-electron chi connectivity index (χ1n) is 6.75. The quantitative estimate of drug-likeness (QED) is 0.539. The van der Waals surface area contributed by atoms with Gasteiger partial charge in [-0.2, -0.15) is 0 Å². The molecule has 0 saturated carbocycles. The summed E-state index contributed by atoms with van der Waals surface area (Å²) in [5.74, 6) is -1.41. The van der Waals surface area contributed by atoms with Gasteiger partial charge in [0.05, 0.1) is 25.3 Å². The average Bonchev–Trinajstić information content (AvgIpc) is 2.73. The first-order chi connectivity index (χ1) is 9.83. The Kier molecular flexibility index (Phi) is 6.36. The van der Waals surface area contributed by atoms with E-state index < -0.39 is 24.1 Å². The van der Waals surface area contributed by atoms with E-state index in [9.17, 15) is 14.7 Å². The van der Waals surface area contributed by atoms with Crippen LogP contribution in [0.3, 0.4) is 0 Å². The van der Waals surface area contributed by atoms with Crippen molar-refractivity contribution in [1.29, 1.82) is 0 Å². The molecule has 21 heavy (non-hydrogen) atoms. The summed E-state index contributed by atoms with van der Waals surface area (Å²) in [6.45, 7) is 3.77. The maximum absolute atomic E-state index is 11.3. The van der Waals surface area contributed by atoms with Crippen LogP contribution in [0.5, 0.6) is 0 Å². The molecule has 0 radical (unpaired) electrons. The molecule has 0 unspecified atom stereocenters. The fourth-order valence-corrected chi connectivity index (χ4v) is 1.95. The molecule has 0 amide bonds. The number of carbonyl (C=O) groups excluding carboxylic acids is 1. The third-order valence-electron chi connectivity index (χ3n) is 2.98. The van der Waals surface area contributed by atoms with Gasteiger partial charge in [-0.3, -0.25) is 4.79 Å². The molecule has 1 aliphatic carbocycles. The van der Waals surface area contributed by atoms with Crippen molar-refractivity contribution in [2.24, 2.45) is 11.1 Å². The molecule has 0 aromatic rings. The smallest absolute Gasteiger partial charge is 0.347 e. The topological polar surface area (TPSA) is 105 Å². The Morgan fingerprint density at radius 3 is 2.67 bits per heavy atom. The third-order valence-corrected chi connectivity index (χ3v) is 2.98. The summed E-state index contributed by atoms with van der Waals surface area (Å²) >= 11 is 0. The number of carboxylic acids is 1. The minimum atomic E-state index is -1.09. The Balaban J connectivity index is 2.75. The number of aliphatic hydroxyl groups excluding tert-OH is 1. The van der Waals surface area contributed by atoms with Gasteiger partial charge in [0.2, 0.25) is 6.10 Å². The van der Waals surface area contributed by atoms with E-state index in [0.29, 0.717) is 17.7 Å².